The van der Waals surface area contributed by atoms with Crippen molar-refractivity contribution < 1.29 is 9.47 Å². The Hall–Kier alpha value is -15.5. The van der Waals surface area contributed by atoms with Crippen molar-refractivity contribution in [2.24, 2.45) is 0 Å². The van der Waals surface area contributed by atoms with Crippen LogP contribution in [0.15, 0.2) is 443 Å². The summed E-state index contributed by atoms with van der Waals surface area (Å²) in [6.45, 7) is 6.28. The minimum absolute atomic E-state index is 0.381. The zero-order valence-electron chi connectivity index (χ0n) is 69.0. The number of para-hydroxylation sites is 2. The first kappa shape index (κ1) is 73.6. The normalized spacial score (nSPS) is 12.5. The molecule has 0 atom stereocenters. The minimum atomic E-state index is -0.491. The predicted octanol–water partition coefficient (Wildman–Crippen LogP) is 27.8. The molecule has 0 aromatic heterocycles. The van der Waals surface area contributed by atoms with Crippen LogP contribution in [0, 0.1) is 0 Å². The van der Waals surface area contributed by atoms with E-state index in [4.69, 9.17) is 9.47 Å². The molecule has 4 aliphatic heterocycles. The zero-order chi connectivity index (χ0) is 82.5. The first-order chi connectivity index (χ1) is 61.1. The first-order valence-corrected chi connectivity index (χ1v) is 43.1. The minimum Gasteiger partial charge on any atom is -0.459 e. The fraction of sp³-hybridized carbons (Fsp3) is 0.0339. The van der Waals surface area contributed by atoms with E-state index in [1.165, 1.54) is 5.56 Å². The van der Waals surface area contributed by atoms with Gasteiger partial charge in [0.15, 0.2) is 0 Å². The summed E-state index contributed by atoms with van der Waals surface area (Å²) in [7, 11) is 0. The Labute approximate surface area is 725 Å². The van der Waals surface area contributed by atoms with Crippen LogP contribution in [0.1, 0.15) is 26.3 Å². The van der Waals surface area contributed by atoms with E-state index in [1.807, 2.05) is 0 Å². The fourth-order valence-corrected chi connectivity index (χ4v) is 19.8. The van der Waals surface area contributed by atoms with Crippen molar-refractivity contribution in [2.75, 3.05) is 9.80 Å². The summed E-state index contributed by atoms with van der Waals surface area (Å²) in [6.07, 6.45) is 0. The van der Waals surface area contributed by atoms with Crippen LogP contribution in [0.25, 0.3) is 134 Å². The lowest BCUT2D eigenvalue weighted by atomic mass is 9.30. The summed E-state index contributed by atoms with van der Waals surface area (Å²) >= 11 is 0. The third-order valence-electron chi connectivity index (χ3n) is 25.7. The molecule has 6 heteroatoms. The van der Waals surface area contributed by atoms with E-state index in [-0.39, 0.29) is 6.71 Å². The number of rotatable bonds is 14. The molecule has 0 aliphatic carbocycles. The van der Waals surface area contributed by atoms with E-state index in [0.717, 1.165) is 223 Å². The van der Waals surface area contributed by atoms with Gasteiger partial charge in [-0.15, -0.1) is 0 Å². The van der Waals surface area contributed by atoms with Crippen molar-refractivity contribution in [3.8, 4) is 157 Å². The van der Waals surface area contributed by atoms with Gasteiger partial charge in [-0.25, -0.2) is 0 Å². The van der Waals surface area contributed by atoms with Crippen molar-refractivity contribution in [2.45, 2.75) is 26.2 Å². The average Bonchev–Trinajstić information content (AvgIpc) is 0.673. The summed E-state index contributed by atoms with van der Waals surface area (Å²) in [4.78, 5) is 5.38. The molecule has 0 N–H and O–H groups in total. The highest BCUT2D eigenvalue weighted by atomic mass is 16.5. The second-order valence-corrected chi connectivity index (χ2v) is 34.1. The largest absolute Gasteiger partial charge is 0.459 e. The molecule has 19 aromatic carbocycles. The van der Waals surface area contributed by atoms with Crippen LogP contribution >= 0.6 is 0 Å². The molecule has 4 heterocycles. The second-order valence-electron chi connectivity index (χ2n) is 34.1. The molecule has 19 aromatic rings. The zero-order valence-corrected chi connectivity index (χ0v) is 69.0. The Morgan fingerprint density at radius 2 is 0.516 bits per heavy atom. The number of hydrogen-bond donors (Lipinski definition) is 0. The van der Waals surface area contributed by atoms with Crippen LogP contribution in [-0.2, 0) is 5.41 Å². The number of hydrogen-bond acceptors (Lipinski definition) is 4. The molecule has 0 spiro atoms. The summed E-state index contributed by atoms with van der Waals surface area (Å²) in [5.41, 5.74) is 39.7. The summed E-state index contributed by atoms with van der Waals surface area (Å²) in [6, 6.07) is 164. The molecule has 0 unspecified atom stereocenters. The van der Waals surface area contributed by atoms with Crippen molar-refractivity contribution in [3.63, 3.8) is 0 Å². The molecule has 0 fully saturated rings. The van der Waals surface area contributed by atoms with Crippen LogP contribution in [-0.4, -0.2) is 13.4 Å². The lowest BCUT2D eigenvalue weighted by Crippen LogP contribution is -2.65. The summed E-state index contributed by atoms with van der Waals surface area (Å²) in [5, 5.41) is 0. The van der Waals surface area contributed by atoms with Gasteiger partial charge in [0, 0.05) is 62.1 Å². The number of nitrogens with zero attached hydrogens (tertiary/aromatic N) is 2. The Kier molecular flexibility index (Phi) is 18.0. The SMILES string of the molecule is CC(C)(C)c1cc2c3c(c1)N(c1c(-c4cccc(-c5ccccc5)c4)cccc1-c1cccc(-c4ccccc4)c1)c1cc4c5c(c1B3c1ccc(-c3ccccc3)cc1N2c1c(-c2cccc(-c3ccccc3)c2)cccc1-c1cccc(-c2ccccc2)c1)Oc1cc(-c2ccccc2)ccc1B5c1cc(-c2ccccc2)cc(-c2ccccc2)c1O4. The topological polar surface area (TPSA) is 24.9 Å². The Morgan fingerprint density at radius 3 is 0.919 bits per heavy atom. The number of anilines is 6. The lowest BCUT2D eigenvalue weighted by Gasteiger charge is -2.48. The molecule has 124 heavy (non-hydrogen) atoms. The summed E-state index contributed by atoms with van der Waals surface area (Å²) in [5.74, 6) is 3.12. The number of ether oxygens (including phenoxy) is 2. The molecule has 582 valence electrons. The molecular weight excluding hydrogens is 1500 g/mol. The van der Waals surface area contributed by atoms with Crippen LogP contribution in [0.4, 0.5) is 34.1 Å². The van der Waals surface area contributed by atoms with Gasteiger partial charge in [0.1, 0.15) is 23.0 Å². The van der Waals surface area contributed by atoms with Gasteiger partial charge in [0.2, 0.25) is 0 Å². The average molecular weight is 1580 g/mol. The molecule has 0 bridgehead atoms. The van der Waals surface area contributed by atoms with Gasteiger partial charge < -0.3 is 19.3 Å². The molecule has 0 amide bonds. The Balaban J connectivity index is 0.893. The van der Waals surface area contributed by atoms with Gasteiger partial charge in [0.25, 0.3) is 13.4 Å². The molecule has 4 aliphatic rings. The first-order valence-electron chi connectivity index (χ1n) is 43.1. The van der Waals surface area contributed by atoms with Crippen molar-refractivity contribution in [1.29, 1.82) is 0 Å². The Morgan fingerprint density at radius 1 is 0.194 bits per heavy atom. The van der Waals surface area contributed by atoms with E-state index in [2.05, 4.69) is 473 Å². The lowest BCUT2D eigenvalue weighted by molar-refractivity contribution is 0.468. The van der Waals surface area contributed by atoms with Crippen molar-refractivity contribution >= 4 is 80.3 Å². The predicted molar refractivity (Wildman–Crippen MR) is 522 cm³/mol. The third-order valence-corrected chi connectivity index (χ3v) is 25.7. The molecule has 23 rings (SSSR count). The molecule has 0 saturated heterocycles. The molecule has 0 radical (unpaired) electrons. The van der Waals surface area contributed by atoms with Gasteiger partial charge in [-0.05, 0) is 199 Å². The van der Waals surface area contributed by atoms with E-state index in [0.29, 0.717) is 0 Å². The van der Waals surface area contributed by atoms with Gasteiger partial charge >= 0.3 is 0 Å². The summed E-state index contributed by atoms with van der Waals surface area (Å²) < 4.78 is 16.6. The van der Waals surface area contributed by atoms with Gasteiger partial charge in [-0.1, -0.05) is 403 Å². The van der Waals surface area contributed by atoms with E-state index in [9.17, 15) is 0 Å². The van der Waals surface area contributed by atoms with Crippen LogP contribution in [0.3, 0.4) is 0 Å². The van der Waals surface area contributed by atoms with Gasteiger partial charge in [-0.3, -0.25) is 0 Å². The van der Waals surface area contributed by atoms with E-state index >= 15 is 0 Å². The fourth-order valence-electron chi connectivity index (χ4n) is 19.8. The van der Waals surface area contributed by atoms with Crippen LogP contribution < -0.4 is 52.1 Å². The second kappa shape index (κ2) is 30.3. The molecule has 0 saturated carbocycles. The maximum atomic E-state index is 8.41. The third kappa shape index (κ3) is 12.8. The van der Waals surface area contributed by atoms with E-state index < -0.39 is 12.1 Å². The van der Waals surface area contributed by atoms with Crippen LogP contribution in [0.5, 0.6) is 23.0 Å². The van der Waals surface area contributed by atoms with Crippen molar-refractivity contribution in [1.82, 2.24) is 0 Å². The standard InChI is InChI=1S/C118H82B2N2O2/c1-118(2,3)96-74-106-111-107(75-96)122(115-99(93-56-30-52-87(68-93)79-38-16-6-17-39-79)60-33-61-100(115)94-57-31-53-88(69-94)80-40-18-7-19-41-80)108-76-110-113-117(123-109-73-90(82-44-22-9-23-45-82)63-65-103(109)119(113)104-71-95(83-46-24-10-25-47-83)70-101(116(104)124-110)84-48-26-11-27-49-84)112(108)120(111)102-64-62-89(81-42-20-8-21-43-81)72-105(102)121(106)114-97(91-54-28-50-85(66-91)77-34-12-4-13-35-77)58-32-59-98(114)92-55-29-51-86(67-92)78-36-14-5-15-37-78/h4-76H,1-3H3. The maximum Gasteiger partial charge on any atom is 0.260 e. The van der Waals surface area contributed by atoms with Crippen molar-refractivity contribution in [3.05, 3.63) is 448 Å². The highest BCUT2D eigenvalue weighted by Crippen LogP contribution is 2.57. The monoisotopic (exact) mass is 1580 g/mol. The maximum absolute atomic E-state index is 8.41. The molecule has 4 nitrogen and oxygen atoms in total. The Bertz CT molecular complexity index is 7180. The van der Waals surface area contributed by atoms with Gasteiger partial charge in [0.05, 0.1) is 11.4 Å². The van der Waals surface area contributed by atoms with Crippen LogP contribution in [0.2, 0.25) is 0 Å². The number of benzene rings is 19. The smallest absolute Gasteiger partial charge is 0.260 e. The number of fused-ring (bicyclic) bond motifs is 9. The quantitative estimate of drug-likeness (QED) is 0.101. The van der Waals surface area contributed by atoms with Gasteiger partial charge in [-0.2, -0.15) is 0 Å². The highest BCUT2D eigenvalue weighted by molar-refractivity contribution is 7.03. The molecular formula is C118H82B2N2O2. The highest BCUT2D eigenvalue weighted by Gasteiger charge is 2.52. The van der Waals surface area contributed by atoms with E-state index in [1.54, 1.807) is 0 Å².